The van der Waals surface area contributed by atoms with Gasteiger partial charge in [0.1, 0.15) is 11.1 Å². The molecule has 1 aliphatic rings. The van der Waals surface area contributed by atoms with Crippen molar-refractivity contribution in [3.05, 3.63) is 35.4 Å². The summed E-state index contributed by atoms with van der Waals surface area (Å²) in [7, 11) is 0. The van der Waals surface area contributed by atoms with Crippen LogP contribution in [0.4, 0.5) is 0 Å². The molecule has 0 radical (unpaired) electrons. The number of rotatable bonds is 4. The second kappa shape index (κ2) is 7.88. The molecule has 1 fully saturated rings. The van der Waals surface area contributed by atoms with Crippen LogP contribution in [0.25, 0.3) is 10.9 Å². The number of carbonyl (C=O) groups is 1. The molecule has 1 heterocycles. The fraction of sp³-hybridized carbons (Fsp3) is 0.450. The molecule has 4 nitrogen and oxygen atoms in total. The van der Waals surface area contributed by atoms with Crippen molar-refractivity contribution in [1.29, 1.82) is 5.26 Å². The summed E-state index contributed by atoms with van der Waals surface area (Å²) in [6.07, 6.45) is 4.69. The maximum atomic E-state index is 12.3. The number of thioether (sulfide) groups is 1. The van der Waals surface area contributed by atoms with Crippen LogP contribution in [0, 0.1) is 24.2 Å². The summed E-state index contributed by atoms with van der Waals surface area (Å²) in [6.45, 7) is 4.21. The number of hydrogen-bond acceptors (Lipinski definition) is 4. The fourth-order valence-corrected chi connectivity index (χ4v) is 4.20. The zero-order valence-corrected chi connectivity index (χ0v) is 15.5. The van der Waals surface area contributed by atoms with Crippen LogP contribution in [-0.4, -0.2) is 22.7 Å². The highest BCUT2D eigenvalue weighted by Gasteiger charge is 2.23. The first-order chi connectivity index (χ1) is 12.1. The molecule has 1 saturated carbocycles. The van der Waals surface area contributed by atoms with Crippen LogP contribution < -0.4 is 5.32 Å². The van der Waals surface area contributed by atoms with Gasteiger partial charge in [0.25, 0.3) is 0 Å². The first kappa shape index (κ1) is 17.8. The van der Waals surface area contributed by atoms with Crippen LogP contribution >= 0.6 is 11.8 Å². The molecule has 25 heavy (non-hydrogen) atoms. The Morgan fingerprint density at radius 2 is 2.20 bits per heavy atom. The lowest BCUT2D eigenvalue weighted by Crippen LogP contribution is -2.41. The molecule has 3 rings (SSSR count). The Kier molecular flexibility index (Phi) is 5.60. The van der Waals surface area contributed by atoms with Crippen molar-refractivity contribution >= 4 is 28.6 Å². The Balaban J connectivity index is 1.71. The van der Waals surface area contributed by atoms with E-state index in [1.54, 1.807) is 0 Å². The number of aromatic nitrogens is 1. The average molecular weight is 353 g/mol. The van der Waals surface area contributed by atoms with Crippen molar-refractivity contribution < 1.29 is 4.79 Å². The Bertz CT molecular complexity index is 828. The number of aryl methyl sites for hydroxylation is 1. The molecule has 0 aliphatic heterocycles. The number of nitriles is 1. The maximum Gasteiger partial charge on any atom is 0.230 e. The number of benzene rings is 1. The van der Waals surface area contributed by atoms with Crippen molar-refractivity contribution in [2.75, 3.05) is 5.75 Å². The fourth-order valence-electron chi connectivity index (χ4n) is 3.43. The van der Waals surface area contributed by atoms with Gasteiger partial charge in [-0.15, -0.1) is 0 Å². The minimum atomic E-state index is 0.0271. The van der Waals surface area contributed by atoms with Gasteiger partial charge in [0, 0.05) is 11.4 Å². The van der Waals surface area contributed by atoms with Gasteiger partial charge in [-0.1, -0.05) is 49.7 Å². The molecule has 1 N–H and O–H groups in total. The predicted octanol–water partition coefficient (Wildman–Crippen LogP) is 4.20. The van der Waals surface area contributed by atoms with Crippen LogP contribution in [0.15, 0.2) is 29.3 Å². The summed E-state index contributed by atoms with van der Waals surface area (Å²) >= 11 is 1.35. The van der Waals surface area contributed by atoms with Gasteiger partial charge in [-0.2, -0.15) is 5.26 Å². The van der Waals surface area contributed by atoms with Crippen molar-refractivity contribution in [2.24, 2.45) is 5.92 Å². The Hall–Kier alpha value is -2.06. The summed E-state index contributed by atoms with van der Waals surface area (Å²) < 4.78 is 0. The molecule has 0 saturated heterocycles. The number of para-hydroxylation sites is 1. The normalized spacial score (nSPS) is 20.2. The minimum absolute atomic E-state index is 0.0271. The molecule has 1 aromatic heterocycles. The van der Waals surface area contributed by atoms with Gasteiger partial charge in [0.15, 0.2) is 0 Å². The second-order valence-corrected chi connectivity index (χ2v) is 7.79. The summed E-state index contributed by atoms with van der Waals surface area (Å²) in [6, 6.07) is 10.3. The van der Waals surface area contributed by atoms with E-state index < -0.39 is 0 Å². The zero-order chi connectivity index (χ0) is 17.8. The number of nitrogens with zero attached hydrogens (tertiary/aromatic N) is 2. The largest absolute Gasteiger partial charge is 0.352 e. The van der Waals surface area contributed by atoms with Crippen LogP contribution in [-0.2, 0) is 4.79 Å². The molecule has 2 aromatic rings. The predicted molar refractivity (Wildman–Crippen MR) is 101 cm³/mol. The third-order valence-electron chi connectivity index (χ3n) is 4.93. The SMILES string of the molecule is Cc1cccc2cc(C#N)c(SCC(=O)N[C@H]3CCCC[C@H]3C)nc12. The smallest absolute Gasteiger partial charge is 0.230 e. The first-order valence-electron chi connectivity index (χ1n) is 8.81. The molecule has 1 amide bonds. The molecule has 1 aromatic carbocycles. The van der Waals surface area contributed by atoms with Crippen molar-refractivity contribution in [1.82, 2.24) is 10.3 Å². The minimum Gasteiger partial charge on any atom is -0.352 e. The third-order valence-corrected chi connectivity index (χ3v) is 5.92. The van der Waals surface area contributed by atoms with Gasteiger partial charge in [-0.3, -0.25) is 4.79 Å². The Morgan fingerprint density at radius 3 is 2.96 bits per heavy atom. The van der Waals surface area contributed by atoms with E-state index in [1.165, 1.54) is 31.0 Å². The molecule has 0 spiro atoms. The van der Waals surface area contributed by atoms with E-state index in [0.29, 0.717) is 22.3 Å². The average Bonchev–Trinajstić information content (AvgIpc) is 2.61. The number of nitrogens with one attached hydrogen (secondary N) is 1. The van der Waals surface area contributed by atoms with Gasteiger partial charge in [0.2, 0.25) is 5.91 Å². The molecule has 130 valence electrons. The molecule has 1 aliphatic carbocycles. The first-order valence-corrected chi connectivity index (χ1v) is 9.79. The van der Waals surface area contributed by atoms with Crippen LogP contribution in [0.3, 0.4) is 0 Å². The van der Waals surface area contributed by atoms with Crippen molar-refractivity contribution in [3.8, 4) is 6.07 Å². The lowest BCUT2D eigenvalue weighted by atomic mass is 9.86. The zero-order valence-electron chi connectivity index (χ0n) is 14.7. The summed E-state index contributed by atoms with van der Waals surface area (Å²) in [5.74, 6) is 0.862. The monoisotopic (exact) mass is 353 g/mol. The number of carbonyl (C=O) groups excluding carboxylic acids is 1. The quantitative estimate of drug-likeness (QED) is 0.837. The lowest BCUT2D eigenvalue weighted by Gasteiger charge is -2.29. The number of amides is 1. The van der Waals surface area contributed by atoms with Gasteiger partial charge in [-0.05, 0) is 37.3 Å². The third kappa shape index (κ3) is 4.13. The van der Waals surface area contributed by atoms with E-state index >= 15 is 0 Å². The topological polar surface area (TPSA) is 65.8 Å². The van der Waals surface area contributed by atoms with Crippen LogP contribution in [0.1, 0.15) is 43.7 Å². The van der Waals surface area contributed by atoms with E-state index in [9.17, 15) is 10.1 Å². The molecule has 5 heteroatoms. The molecular weight excluding hydrogens is 330 g/mol. The summed E-state index contributed by atoms with van der Waals surface area (Å²) in [5.41, 5.74) is 2.50. The highest BCUT2D eigenvalue weighted by molar-refractivity contribution is 8.00. The molecular formula is C20H23N3OS. The Morgan fingerprint density at radius 1 is 1.40 bits per heavy atom. The highest BCUT2D eigenvalue weighted by atomic mass is 32.2. The van der Waals surface area contributed by atoms with Crippen molar-refractivity contribution in [3.63, 3.8) is 0 Å². The molecule has 0 bridgehead atoms. The lowest BCUT2D eigenvalue weighted by molar-refractivity contribution is -0.119. The van der Waals surface area contributed by atoms with Gasteiger partial charge in [-0.25, -0.2) is 4.98 Å². The number of hydrogen-bond donors (Lipinski definition) is 1. The number of fused-ring (bicyclic) bond motifs is 1. The summed E-state index contributed by atoms with van der Waals surface area (Å²) in [5, 5.41) is 14.2. The summed E-state index contributed by atoms with van der Waals surface area (Å²) in [4.78, 5) is 17.0. The molecule has 2 atom stereocenters. The molecule has 0 unspecified atom stereocenters. The second-order valence-electron chi connectivity index (χ2n) is 6.82. The van der Waals surface area contributed by atoms with Crippen LogP contribution in [0.2, 0.25) is 0 Å². The van der Waals surface area contributed by atoms with E-state index in [4.69, 9.17) is 0 Å². The van der Waals surface area contributed by atoms with E-state index in [-0.39, 0.29) is 11.9 Å². The highest BCUT2D eigenvalue weighted by Crippen LogP contribution is 2.27. The van der Waals surface area contributed by atoms with Gasteiger partial charge < -0.3 is 5.32 Å². The van der Waals surface area contributed by atoms with Gasteiger partial charge in [0.05, 0.1) is 16.8 Å². The van der Waals surface area contributed by atoms with Gasteiger partial charge >= 0.3 is 0 Å². The van der Waals surface area contributed by atoms with E-state index in [1.807, 2.05) is 31.2 Å². The Labute approximate surface area is 153 Å². The van der Waals surface area contributed by atoms with E-state index in [0.717, 1.165) is 22.9 Å². The van der Waals surface area contributed by atoms with E-state index in [2.05, 4.69) is 23.3 Å². The number of pyridine rings is 1. The van der Waals surface area contributed by atoms with Crippen LogP contribution in [0.5, 0.6) is 0 Å². The standard InChI is InChI=1S/C20H23N3OS/c1-13-6-3-4-9-17(13)22-18(24)12-25-20-16(11-21)10-15-8-5-7-14(2)19(15)23-20/h5,7-8,10,13,17H,3-4,6,9,12H2,1-2H3,(H,22,24)/t13-,17+/m1/s1. The maximum absolute atomic E-state index is 12.3. The van der Waals surface area contributed by atoms with Crippen molar-refractivity contribution in [2.45, 2.75) is 50.6 Å².